The van der Waals surface area contributed by atoms with Crippen molar-refractivity contribution in [3.63, 3.8) is 0 Å². The van der Waals surface area contributed by atoms with E-state index in [2.05, 4.69) is 21.2 Å². The number of hydrogen-bond acceptors (Lipinski definition) is 2. The SMILES string of the molecule is CC1Nc2cc(F)cc(Cl)c2OC1c1ccc(Br)cc1. The van der Waals surface area contributed by atoms with E-state index in [9.17, 15) is 4.39 Å². The summed E-state index contributed by atoms with van der Waals surface area (Å²) in [7, 11) is 0. The zero-order valence-corrected chi connectivity index (χ0v) is 13.0. The van der Waals surface area contributed by atoms with E-state index in [0.29, 0.717) is 11.4 Å². The minimum Gasteiger partial charge on any atom is -0.480 e. The molecule has 20 heavy (non-hydrogen) atoms. The molecule has 0 radical (unpaired) electrons. The number of hydrogen-bond donors (Lipinski definition) is 1. The predicted molar refractivity (Wildman–Crippen MR) is 82.0 cm³/mol. The molecule has 0 aromatic heterocycles. The van der Waals surface area contributed by atoms with Crippen molar-refractivity contribution >= 4 is 33.2 Å². The van der Waals surface area contributed by atoms with Crippen molar-refractivity contribution in [1.82, 2.24) is 0 Å². The lowest BCUT2D eigenvalue weighted by Crippen LogP contribution is -2.32. The molecule has 3 rings (SSSR count). The fourth-order valence-electron chi connectivity index (χ4n) is 2.35. The maximum Gasteiger partial charge on any atom is 0.162 e. The second-order valence-corrected chi connectivity index (χ2v) is 6.11. The Morgan fingerprint density at radius 3 is 2.65 bits per heavy atom. The van der Waals surface area contributed by atoms with Crippen molar-refractivity contribution in [1.29, 1.82) is 0 Å². The van der Waals surface area contributed by atoms with Crippen LogP contribution in [0, 0.1) is 5.82 Å². The van der Waals surface area contributed by atoms with E-state index in [-0.39, 0.29) is 23.0 Å². The summed E-state index contributed by atoms with van der Waals surface area (Å²) >= 11 is 9.47. The first-order valence-electron chi connectivity index (χ1n) is 6.22. The van der Waals surface area contributed by atoms with Gasteiger partial charge in [0.1, 0.15) is 11.9 Å². The van der Waals surface area contributed by atoms with Crippen LogP contribution >= 0.6 is 27.5 Å². The highest BCUT2D eigenvalue weighted by atomic mass is 79.9. The van der Waals surface area contributed by atoms with Crippen LogP contribution in [0.15, 0.2) is 40.9 Å². The van der Waals surface area contributed by atoms with Gasteiger partial charge in [-0.2, -0.15) is 0 Å². The molecule has 0 fully saturated rings. The molecule has 1 aliphatic heterocycles. The molecule has 2 nitrogen and oxygen atoms in total. The summed E-state index contributed by atoms with van der Waals surface area (Å²) in [6.07, 6.45) is -0.168. The van der Waals surface area contributed by atoms with Crippen molar-refractivity contribution < 1.29 is 9.13 Å². The molecule has 0 spiro atoms. The van der Waals surface area contributed by atoms with Gasteiger partial charge in [-0.25, -0.2) is 4.39 Å². The highest BCUT2D eigenvalue weighted by molar-refractivity contribution is 9.10. The summed E-state index contributed by atoms with van der Waals surface area (Å²) in [6.45, 7) is 1.99. The lowest BCUT2D eigenvalue weighted by Gasteiger charge is -2.33. The maximum atomic E-state index is 13.4. The van der Waals surface area contributed by atoms with Crippen LogP contribution in [-0.4, -0.2) is 6.04 Å². The van der Waals surface area contributed by atoms with E-state index in [1.54, 1.807) is 0 Å². The molecule has 0 saturated carbocycles. The van der Waals surface area contributed by atoms with Crippen molar-refractivity contribution in [3.8, 4) is 5.75 Å². The summed E-state index contributed by atoms with van der Waals surface area (Å²) in [4.78, 5) is 0. The van der Waals surface area contributed by atoms with Crippen LogP contribution in [0.5, 0.6) is 5.75 Å². The first-order chi connectivity index (χ1) is 9.54. The van der Waals surface area contributed by atoms with Gasteiger partial charge >= 0.3 is 0 Å². The molecule has 1 heterocycles. The number of nitrogens with one attached hydrogen (secondary N) is 1. The van der Waals surface area contributed by atoms with Crippen LogP contribution in [0.4, 0.5) is 10.1 Å². The van der Waals surface area contributed by atoms with E-state index in [0.717, 1.165) is 10.0 Å². The van der Waals surface area contributed by atoms with Crippen molar-refractivity contribution in [2.45, 2.75) is 19.1 Å². The van der Waals surface area contributed by atoms with Crippen LogP contribution in [0.25, 0.3) is 0 Å². The predicted octanol–water partition coefficient (Wildman–Crippen LogP) is 5.18. The van der Waals surface area contributed by atoms with Gasteiger partial charge in [-0.05, 0) is 30.7 Å². The van der Waals surface area contributed by atoms with Crippen LogP contribution in [0.1, 0.15) is 18.6 Å². The van der Waals surface area contributed by atoms with Crippen molar-refractivity contribution in [2.75, 3.05) is 5.32 Å². The van der Waals surface area contributed by atoms with Gasteiger partial charge in [0.2, 0.25) is 0 Å². The average Bonchev–Trinajstić information content (AvgIpc) is 2.39. The first-order valence-corrected chi connectivity index (χ1v) is 7.39. The van der Waals surface area contributed by atoms with E-state index in [1.165, 1.54) is 12.1 Å². The molecule has 2 unspecified atom stereocenters. The summed E-state index contributed by atoms with van der Waals surface area (Å²) in [5, 5.41) is 3.52. The van der Waals surface area contributed by atoms with Gasteiger partial charge in [-0.15, -0.1) is 0 Å². The molecule has 1 N–H and O–H groups in total. The summed E-state index contributed by atoms with van der Waals surface area (Å²) < 4.78 is 20.4. The van der Waals surface area contributed by atoms with Crippen LogP contribution in [-0.2, 0) is 0 Å². The smallest absolute Gasteiger partial charge is 0.162 e. The zero-order chi connectivity index (χ0) is 14.3. The van der Waals surface area contributed by atoms with Gasteiger partial charge < -0.3 is 10.1 Å². The topological polar surface area (TPSA) is 21.3 Å². The first kappa shape index (κ1) is 13.7. The second-order valence-electron chi connectivity index (χ2n) is 4.79. The largest absolute Gasteiger partial charge is 0.480 e. The number of anilines is 1. The average molecular weight is 357 g/mol. The number of benzene rings is 2. The molecule has 0 amide bonds. The number of fused-ring (bicyclic) bond motifs is 1. The molecule has 2 aromatic rings. The Bertz CT molecular complexity index is 647. The molecule has 0 bridgehead atoms. The summed E-state index contributed by atoms with van der Waals surface area (Å²) in [6, 6.07) is 10.6. The quantitative estimate of drug-likeness (QED) is 0.760. The Labute approximate surface area is 130 Å². The normalized spacial score (nSPS) is 20.8. The fourth-order valence-corrected chi connectivity index (χ4v) is 2.86. The van der Waals surface area contributed by atoms with E-state index < -0.39 is 0 Å². The third-order valence-electron chi connectivity index (χ3n) is 3.29. The second kappa shape index (κ2) is 5.26. The Morgan fingerprint density at radius 1 is 1.25 bits per heavy atom. The maximum absolute atomic E-state index is 13.4. The van der Waals surface area contributed by atoms with Crippen molar-refractivity contribution in [2.24, 2.45) is 0 Å². The van der Waals surface area contributed by atoms with Gasteiger partial charge in [-0.1, -0.05) is 39.7 Å². The van der Waals surface area contributed by atoms with Gasteiger partial charge in [0.25, 0.3) is 0 Å². The molecule has 0 saturated heterocycles. The molecule has 1 aliphatic rings. The Morgan fingerprint density at radius 2 is 1.95 bits per heavy atom. The Balaban J connectivity index is 1.98. The van der Waals surface area contributed by atoms with Crippen LogP contribution in [0.2, 0.25) is 5.02 Å². The third kappa shape index (κ3) is 2.50. The number of rotatable bonds is 1. The minimum atomic E-state index is -0.376. The monoisotopic (exact) mass is 355 g/mol. The van der Waals surface area contributed by atoms with E-state index in [4.69, 9.17) is 16.3 Å². The highest BCUT2D eigenvalue weighted by Gasteiger charge is 2.29. The molecule has 2 aromatic carbocycles. The standard InChI is InChI=1S/C15H12BrClFNO/c1-8-14(9-2-4-10(16)5-3-9)20-15-12(17)6-11(18)7-13(15)19-8/h2-8,14,19H,1H3. The van der Waals surface area contributed by atoms with E-state index >= 15 is 0 Å². The van der Waals surface area contributed by atoms with Gasteiger partial charge in [0, 0.05) is 10.5 Å². The highest BCUT2D eigenvalue weighted by Crippen LogP contribution is 2.42. The summed E-state index contributed by atoms with van der Waals surface area (Å²) in [5.74, 6) is 0.123. The molecular formula is C15H12BrClFNO. The summed E-state index contributed by atoms with van der Waals surface area (Å²) in [5.41, 5.74) is 1.63. The van der Waals surface area contributed by atoms with Crippen molar-refractivity contribution in [3.05, 3.63) is 57.3 Å². The van der Waals surface area contributed by atoms with E-state index in [1.807, 2.05) is 31.2 Å². The molecule has 0 aliphatic carbocycles. The Hall–Kier alpha value is -1.26. The van der Waals surface area contributed by atoms with Gasteiger partial charge in [0.05, 0.1) is 16.8 Å². The lowest BCUT2D eigenvalue weighted by atomic mass is 10.0. The molecular weight excluding hydrogens is 345 g/mol. The van der Waals surface area contributed by atoms with Crippen LogP contribution < -0.4 is 10.1 Å². The van der Waals surface area contributed by atoms with Crippen LogP contribution in [0.3, 0.4) is 0 Å². The third-order valence-corrected chi connectivity index (χ3v) is 4.10. The lowest BCUT2D eigenvalue weighted by molar-refractivity contribution is 0.177. The zero-order valence-electron chi connectivity index (χ0n) is 10.7. The molecule has 2 atom stereocenters. The van der Waals surface area contributed by atoms with Gasteiger partial charge in [-0.3, -0.25) is 0 Å². The van der Waals surface area contributed by atoms with Gasteiger partial charge in [0.15, 0.2) is 5.75 Å². The minimum absolute atomic E-state index is 0.0153. The Kier molecular flexibility index (Phi) is 3.61. The molecule has 5 heteroatoms. The number of ether oxygens (including phenoxy) is 1. The number of halogens is 3. The molecule has 104 valence electrons. The fraction of sp³-hybridized carbons (Fsp3) is 0.200.